The topological polar surface area (TPSA) is 55.4 Å². The van der Waals surface area contributed by atoms with E-state index in [1.165, 1.54) is 5.56 Å². The van der Waals surface area contributed by atoms with Gasteiger partial charge in [0.2, 0.25) is 0 Å². The van der Waals surface area contributed by atoms with E-state index >= 15 is 0 Å². The fourth-order valence-electron chi connectivity index (χ4n) is 2.84. The number of rotatable bonds is 5. The SMILES string of the molecule is CCCCc1ccc(NC(=O)[C@H]2Cc3ccccc3C(=O)O2)cc1. The van der Waals surface area contributed by atoms with Gasteiger partial charge >= 0.3 is 5.97 Å². The van der Waals surface area contributed by atoms with Gasteiger partial charge in [0.25, 0.3) is 5.91 Å². The van der Waals surface area contributed by atoms with Crippen LogP contribution in [0.3, 0.4) is 0 Å². The van der Waals surface area contributed by atoms with Gasteiger partial charge in [0, 0.05) is 12.1 Å². The van der Waals surface area contributed by atoms with E-state index in [0.717, 1.165) is 30.5 Å². The lowest BCUT2D eigenvalue weighted by atomic mass is 9.98. The predicted octanol–water partition coefficient (Wildman–Crippen LogP) is 3.75. The van der Waals surface area contributed by atoms with Crippen molar-refractivity contribution in [2.45, 2.75) is 38.7 Å². The summed E-state index contributed by atoms with van der Waals surface area (Å²) < 4.78 is 5.27. The number of carbonyl (C=O) groups excluding carboxylic acids is 2. The van der Waals surface area contributed by atoms with Crippen LogP contribution in [0.5, 0.6) is 0 Å². The zero-order valence-corrected chi connectivity index (χ0v) is 13.7. The third-order valence-corrected chi connectivity index (χ3v) is 4.22. The van der Waals surface area contributed by atoms with E-state index in [9.17, 15) is 9.59 Å². The molecule has 124 valence electrons. The van der Waals surface area contributed by atoms with Crippen LogP contribution in [0.4, 0.5) is 5.69 Å². The van der Waals surface area contributed by atoms with Crippen LogP contribution in [0.25, 0.3) is 0 Å². The smallest absolute Gasteiger partial charge is 0.339 e. The van der Waals surface area contributed by atoms with Gasteiger partial charge in [-0.15, -0.1) is 0 Å². The first kappa shape index (κ1) is 16.2. The number of ether oxygens (including phenoxy) is 1. The number of aryl methyl sites for hydroxylation is 1. The first-order chi connectivity index (χ1) is 11.7. The number of benzene rings is 2. The zero-order valence-electron chi connectivity index (χ0n) is 13.7. The summed E-state index contributed by atoms with van der Waals surface area (Å²) in [6, 6.07) is 15.1. The molecule has 1 N–H and O–H groups in total. The maximum Gasteiger partial charge on any atom is 0.339 e. The van der Waals surface area contributed by atoms with Crippen LogP contribution >= 0.6 is 0 Å². The fraction of sp³-hybridized carbons (Fsp3) is 0.300. The maximum atomic E-state index is 12.4. The number of amides is 1. The minimum absolute atomic E-state index is 0.292. The van der Waals surface area contributed by atoms with Crippen molar-refractivity contribution in [1.29, 1.82) is 0 Å². The molecule has 2 aromatic carbocycles. The number of anilines is 1. The van der Waals surface area contributed by atoms with Gasteiger partial charge in [-0.25, -0.2) is 4.79 Å². The summed E-state index contributed by atoms with van der Waals surface area (Å²) in [7, 11) is 0. The Morgan fingerprint density at radius 3 is 2.67 bits per heavy atom. The molecule has 4 heteroatoms. The van der Waals surface area contributed by atoms with Crippen molar-refractivity contribution in [2.75, 3.05) is 5.32 Å². The normalized spacial score (nSPS) is 16.2. The molecule has 0 saturated heterocycles. The minimum atomic E-state index is -0.785. The summed E-state index contributed by atoms with van der Waals surface area (Å²) in [5.74, 6) is -0.730. The number of hydrogen-bond donors (Lipinski definition) is 1. The molecule has 1 heterocycles. The molecule has 0 radical (unpaired) electrons. The highest BCUT2D eigenvalue weighted by molar-refractivity contribution is 6.00. The molecule has 1 aliphatic heterocycles. The Kier molecular flexibility index (Phi) is 4.94. The quantitative estimate of drug-likeness (QED) is 0.853. The summed E-state index contributed by atoms with van der Waals surface area (Å²) in [6.45, 7) is 2.16. The second-order valence-electron chi connectivity index (χ2n) is 6.04. The molecule has 0 aliphatic carbocycles. The Labute approximate surface area is 141 Å². The Balaban J connectivity index is 1.64. The number of fused-ring (bicyclic) bond motifs is 1. The molecule has 1 atom stereocenters. The standard InChI is InChI=1S/C20H21NO3/c1-2-3-6-14-9-11-16(12-10-14)21-19(22)18-13-15-7-4-5-8-17(15)20(23)24-18/h4-5,7-12,18H,2-3,6,13H2,1H3,(H,21,22)/t18-/m1/s1. The van der Waals surface area contributed by atoms with Crippen molar-refractivity contribution in [1.82, 2.24) is 0 Å². The van der Waals surface area contributed by atoms with Crippen LogP contribution in [0.1, 0.15) is 41.3 Å². The predicted molar refractivity (Wildman–Crippen MR) is 93.0 cm³/mol. The van der Waals surface area contributed by atoms with Crippen LogP contribution in [-0.4, -0.2) is 18.0 Å². The van der Waals surface area contributed by atoms with E-state index in [1.54, 1.807) is 12.1 Å². The van der Waals surface area contributed by atoms with E-state index in [4.69, 9.17) is 4.74 Å². The van der Waals surface area contributed by atoms with Crippen LogP contribution in [0.2, 0.25) is 0 Å². The number of carbonyl (C=O) groups is 2. The maximum absolute atomic E-state index is 12.4. The van der Waals surface area contributed by atoms with Crippen molar-refractivity contribution in [3.05, 3.63) is 65.2 Å². The molecule has 0 fully saturated rings. The van der Waals surface area contributed by atoms with Gasteiger partial charge in [0.15, 0.2) is 6.10 Å². The van der Waals surface area contributed by atoms with Crippen LogP contribution in [-0.2, 0) is 22.4 Å². The zero-order chi connectivity index (χ0) is 16.9. The molecule has 3 rings (SSSR count). The fourth-order valence-corrected chi connectivity index (χ4v) is 2.84. The lowest BCUT2D eigenvalue weighted by molar-refractivity contribution is -0.125. The van der Waals surface area contributed by atoms with E-state index in [2.05, 4.69) is 12.2 Å². The molecule has 2 aromatic rings. The number of esters is 1. The second kappa shape index (κ2) is 7.30. The molecule has 0 unspecified atom stereocenters. The van der Waals surface area contributed by atoms with Crippen molar-refractivity contribution in [3.63, 3.8) is 0 Å². The third kappa shape index (κ3) is 3.65. The summed E-state index contributed by atoms with van der Waals surface area (Å²) in [4.78, 5) is 24.4. The number of cyclic esters (lactones) is 1. The second-order valence-corrected chi connectivity index (χ2v) is 6.04. The van der Waals surface area contributed by atoms with Crippen LogP contribution in [0.15, 0.2) is 48.5 Å². The molecule has 1 aliphatic rings. The van der Waals surface area contributed by atoms with E-state index < -0.39 is 12.1 Å². The lowest BCUT2D eigenvalue weighted by Gasteiger charge is -2.23. The monoisotopic (exact) mass is 323 g/mol. The highest BCUT2D eigenvalue weighted by Crippen LogP contribution is 2.21. The molecular weight excluding hydrogens is 302 g/mol. The molecule has 24 heavy (non-hydrogen) atoms. The number of unbranched alkanes of at least 4 members (excludes halogenated alkanes) is 1. The molecule has 1 amide bonds. The minimum Gasteiger partial charge on any atom is -0.448 e. The van der Waals surface area contributed by atoms with Gasteiger partial charge in [-0.1, -0.05) is 43.7 Å². The van der Waals surface area contributed by atoms with Crippen molar-refractivity contribution >= 4 is 17.6 Å². The molecule has 0 saturated carbocycles. The van der Waals surface area contributed by atoms with Gasteiger partial charge < -0.3 is 10.1 Å². The first-order valence-electron chi connectivity index (χ1n) is 8.36. The van der Waals surface area contributed by atoms with Crippen LogP contribution in [0, 0.1) is 0 Å². The highest BCUT2D eigenvalue weighted by Gasteiger charge is 2.30. The summed E-state index contributed by atoms with van der Waals surface area (Å²) >= 11 is 0. The number of nitrogens with one attached hydrogen (secondary N) is 1. The van der Waals surface area contributed by atoms with Crippen molar-refractivity contribution in [3.8, 4) is 0 Å². The van der Waals surface area contributed by atoms with Gasteiger partial charge in [-0.2, -0.15) is 0 Å². The van der Waals surface area contributed by atoms with Gasteiger partial charge in [0.05, 0.1) is 5.56 Å². The lowest BCUT2D eigenvalue weighted by Crippen LogP contribution is -2.37. The average Bonchev–Trinajstić information content (AvgIpc) is 2.61. The molecule has 0 spiro atoms. The molecule has 0 bridgehead atoms. The third-order valence-electron chi connectivity index (χ3n) is 4.22. The number of hydrogen-bond acceptors (Lipinski definition) is 3. The molecule has 0 aromatic heterocycles. The van der Waals surface area contributed by atoms with Gasteiger partial charge in [0.1, 0.15) is 0 Å². The van der Waals surface area contributed by atoms with Crippen LogP contribution < -0.4 is 5.32 Å². The molecule has 4 nitrogen and oxygen atoms in total. The van der Waals surface area contributed by atoms with Crippen molar-refractivity contribution < 1.29 is 14.3 Å². The van der Waals surface area contributed by atoms with Gasteiger partial charge in [-0.3, -0.25) is 4.79 Å². The van der Waals surface area contributed by atoms with Gasteiger partial charge in [-0.05, 0) is 42.2 Å². The average molecular weight is 323 g/mol. The van der Waals surface area contributed by atoms with E-state index in [-0.39, 0.29) is 5.91 Å². The summed E-state index contributed by atoms with van der Waals surface area (Å²) in [5.41, 5.74) is 3.37. The van der Waals surface area contributed by atoms with E-state index in [1.807, 2.05) is 36.4 Å². The largest absolute Gasteiger partial charge is 0.448 e. The Bertz CT molecular complexity index is 737. The molecular formula is C20H21NO3. The highest BCUT2D eigenvalue weighted by atomic mass is 16.5. The first-order valence-corrected chi connectivity index (χ1v) is 8.36. The van der Waals surface area contributed by atoms with Crippen molar-refractivity contribution in [2.24, 2.45) is 0 Å². The summed E-state index contributed by atoms with van der Waals surface area (Å²) in [5, 5.41) is 2.83. The summed E-state index contributed by atoms with van der Waals surface area (Å²) in [6.07, 6.45) is 2.98. The Hall–Kier alpha value is -2.62. The van der Waals surface area contributed by atoms with E-state index in [0.29, 0.717) is 12.0 Å². The Morgan fingerprint density at radius 1 is 1.17 bits per heavy atom. The Morgan fingerprint density at radius 2 is 1.92 bits per heavy atom.